The first-order valence-electron chi connectivity index (χ1n) is 7.81. The van der Waals surface area contributed by atoms with Gasteiger partial charge in [0.2, 0.25) is 0 Å². The van der Waals surface area contributed by atoms with Gasteiger partial charge in [0.25, 0.3) is 0 Å². The Bertz CT molecular complexity index is 297. The summed E-state index contributed by atoms with van der Waals surface area (Å²) in [5, 5.41) is 0. The SMILES string of the molecule is CCCN(CC(N)=S)C1CCOC2(CCCCC2)C1. The van der Waals surface area contributed by atoms with E-state index in [9.17, 15) is 0 Å². The van der Waals surface area contributed by atoms with Crippen LogP contribution in [0, 0.1) is 0 Å². The van der Waals surface area contributed by atoms with Crippen molar-refractivity contribution in [2.24, 2.45) is 5.73 Å². The second-order valence-electron chi connectivity index (χ2n) is 6.18. The highest BCUT2D eigenvalue weighted by molar-refractivity contribution is 7.80. The van der Waals surface area contributed by atoms with Gasteiger partial charge in [-0.3, -0.25) is 4.90 Å². The van der Waals surface area contributed by atoms with E-state index in [1.807, 2.05) is 0 Å². The van der Waals surface area contributed by atoms with Crippen LogP contribution in [0.4, 0.5) is 0 Å². The van der Waals surface area contributed by atoms with Crippen molar-refractivity contribution in [1.82, 2.24) is 4.90 Å². The number of nitrogens with zero attached hydrogens (tertiary/aromatic N) is 1. The van der Waals surface area contributed by atoms with E-state index >= 15 is 0 Å². The second kappa shape index (κ2) is 7.00. The highest BCUT2D eigenvalue weighted by Gasteiger charge is 2.40. The lowest BCUT2D eigenvalue weighted by molar-refractivity contribution is -0.122. The maximum Gasteiger partial charge on any atom is 0.0870 e. The van der Waals surface area contributed by atoms with E-state index in [1.165, 1.54) is 38.5 Å². The van der Waals surface area contributed by atoms with Crippen LogP contribution in [0.2, 0.25) is 0 Å². The fraction of sp³-hybridized carbons (Fsp3) is 0.933. The summed E-state index contributed by atoms with van der Waals surface area (Å²) in [6.45, 7) is 4.99. The molecule has 2 rings (SSSR count). The predicted octanol–water partition coefficient (Wildman–Crippen LogP) is 2.87. The van der Waals surface area contributed by atoms with Gasteiger partial charge in [-0.25, -0.2) is 0 Å². The van der Waals surface area contributed by atoms with Crippen molar-refractivity contribution in [2.75, 3.05) is 19.7 Å². The lowest BCUT2D eigenvalue weighted by Gasteiger charge is -2.46. The Kier molecular flexibility index (Phi) is 5.60. The van der Waals surface area contributed by atoms with Crippen molar-refractivity contribution < 1.29 is 4.74 Å². The third kappa shape index (κ3) is 4.14. The summed E-state index contributed by atoms with van der Waals surface area (Å²) in [6.07, 6.45) is 9.99. The molecule has 1 spiro atoms. The molecule has 0 aromatic rings. The first kappa shape index (κ1) is 15.2. The average Bonchev–Trinajstić information content (AvgIpc) is 2.39. The summed E-state index contributed by atoms with van der Waals surface area (Å²) in [5.74, 6) is 0. The van der Waals surface area contributed by atoms with E-state index in [-0.39, 0.29) is 5.60 Å². The molecule has 0 aromatic carbocycles. The molecule has 3 nitrogen and oxygen atoms in total. The molecule has 4 heteroatoms. The van der Waals surface area contributed by atoms with Gasteiger partial charge >= 0.3 is 0 Å². The molecule has 1 heterocycles. The maximum atomic E-state index is 6.18. The Labute approximate surface area is 122 Å². The molecule has 2 N–H and O–H groups in total. The van der Waals surface area contributed by atoms with E-state index in [4.69, 9.17) is 22.7 Å². The summed E-state index contributed by atoms with van der Waals surface area (Å²) in [6, 6.07) is 0.605. The van der Waals surface area contributed by atoms with Gasteiger partial charge in [0.1, 0.15) is 0 Å². The van der Waals surface area contributed by atoms with Crippen LogP contribution in [-0.4, -0.2) is 41.2 Å². The standard InChI is InChI=1S/C15H28N2OS/c1-2-9-17(12-14(16)19)13-6-10-18-15(11-13)7-4-3-5-8-15/h13H,2-12H2,1H3,(H2,16,19). The molecule has 1 aliphatic carbocycles. The van der Waals surface area contributed by atoms with Gasteiger partial charge < -0.3 is 10.5 Å². The molecule has 0 aromatic heterocycles. The molecule has 110 valence electrons. The predicted molar refractivity (Wildman–Crippen MR) is 83.4 cm³/mol. The Morgan fingerprint density at radius 3 is 2.74 bits per heavy atom. The average molecular weight is 284 g/mol. The zero-order valence-corrected chi connectivity index (χ0v) is 13.0. The largest absolute Gasteiger partial charge is 0.392 e. The Balaban J connectivity index is 1.99. The summed E-state index contributed by atoms with van der Waals surface area (Å²) in [7, 11) is 0. The molecule has 1 saturated heterocycles. The molecule has 1 unspecified atom stereocenters. The normalized spacial score (nSPS) is 26.7. The molecule has 1 aliphatic heterocycles. The minimum absolute atomic E-state index is 0.170. The molecule has 0 bridgehead atoms. The topological polar surface area (TPSA) is 38.5 Å². The third-order valence-corrected chi connectivity index (χ3v) is 4.75. The maximum absolute atomic E-state index is 6.18. The van der Waals surface area contributed by atoms with Crippen LogP contribution in [0.15, 0.2) is 0 Å². The van der Waals surface area contributed by atoms with Crippen molar-refractivity contribution in [3.63, 3.8) is 0 Å². The van der Waals surface area contributed by atoms with Gasteiger partial charge in [-0.15, -0.1) is 0 Å². The molecular weight excluding hydrogens is 256 g/mol. The Morgan fingerprint density at radius 2 is 2.11 bits per heavy atom. The number of rotatable bonds is 5. The molecule has 0 radical (unpaired) electrons. The third-order valence-electron chi connectivity index (χ3n) is 4.62. The van der Waals surface area contributed by atoms with E-state index < -0.39 is 0 Å². The van der Waals surface area contributed by atoms with Crippen molar-refractivity contribution in [3.8, 4) is 0 Å². The van der Waals surface area contributed by atoms with E-state index in [2.05, 4.69) is 11.8 Å². The lowest BCUT2D eigenvalue weighted by atomic mass is 9.78. The van der Waals surface area contributed by atoms with Crippen LogP contribution < -0.4 is 5.73 Å². The zero-order chi connectivity index (χ0) is 13.7. The summed E-state index contributed by atoms with van der Waals surface area (Å²) >= 11 is 5.11. The number of thiocarbonyl (C=S) groups is 1. The highest BCUT2D eigenvalue weighted by Crippen LogP contribution is 2.39. The minimum atomic E-state index is 0.170. The molecule has 2 fully saturated rings. The van der Waals surface area contributed by atoms with Gasteiger partial charge in [-0.05, 0) is 38.6 Å². The van der Waals surface area contributed by atoms with Crippen LogP contribution in [0.5, 0.6) is 0 Å². The first-order valence-corrected chi connectivity index (χ1v) is 8.22. The number of hydrogen-bond donors (Lipinski definition) is 1. The second-order valence-corrected chi connectivity index (χ2v) is 6.70. The Morgan fingerprint density at radius 1 is 1.37 bits per heavy atom. The zero-order valence-electron chi connectivity index (χ0n) is 12.2. The van der Waals surface area contributed by atoms with Crippen LogP contribution in [-0.2, 0) is 4.74 Å². The lowest BCUT2D eigenvalue weighted by Crippen LogP contribution is -2.51. The van der Waals surface area contributed by atoms with Crippen molar-refractivity contribution >= 4 is 17.2 Å². The van der Waals surface area contributed by atoms with Crippen molar-refractivity contribution in [1.29, 1.82) is 0 Å². The molecular formula is C15H28N2OS. The van der Waals surface area contributed by atoms with Crippen molar-refractivity contribution in [3.05, 3.63) is 0 Å². The Hall–Kier alpha value is -0.190. The van der Waals surface area contributed by atoms with E-state index in [0.717, 1.165) is 32.5 Å². The molecule has 19 heavy (non-hydrogen) atoms. The smallest absolute Gasteiger partial charge is 0.0870 e. The van der Waals surface area contributed by atoms with E-state index in [1.54, 1.807) is 0 Å². The highest BCUT2D eigenvalue weighted by atomic mass is 32.1. The first-order chi connectivity index (χ1) is 9.15. The monoisotopic (exact) mass is 284 g/mol. The van der Waals surface area contributed by atoms with Crippen molar-refractivity contribution in [2.45, 2.75) is 69.9 Å². The summed E-state index contributed by atoms with van der Waals surface area (Å²) in [5.41, 5.74) is 5.93. The molecule has 0 amide bonds. The summed E-state index contributed by atoms with van der Waals surface area (Å²) < 4.78 is 6.18. The van der Waals surface area contributed by atoms with E-state index in [0.29, 0.717) is 11.0 Å². The van der Waals surface area contributed by atoms with Gasteiger partial charge in [0.15, 0.2) is 0 Å². The molecule has 2 aliphatic rings. The van der Waals surface area contributed by atoms with Gasteiger partial charge in [-0.1, -0.05) is 38.4 Å². The summed E-state index contributed by atoms with van der Waals surface area (Å²) in [4.78, 5) is 3.11. The molecule has 1 saturated carbocycles. The van der Waals surface area contributed by atoms with Crippen LogP contribution >= 0.6 is 12.2 Å². The number of ether oxygens (including phenoxy) is 1. The van der Waals surface area contributed by atoms with Crippen LogP contribution in [0.1, 0.15) is 58.3 Å². The van der Waals surface area contributed by atoms with Crippen LogP contribution in [0.3, 0.4) is 0 Å². The fourth-order valence-electron chi connectivity index (χ4n) is 3.74. The van der Waals surface area contributed by atoms with Crippen LogP contribution in [0.25, 0.3) is 0 Å². The quantitative estimate of drug-likeness (QED) is 0.788. The number of hydrogen-bond acceptors (Lipinski definition) is 3. The van der Waals surface area contributed by atoms with Gasteiger partial charge in [0.05, 0.1) is 10.6 Å². The minimum Gasteiger partial charge on any atom is -0.392 e. The number of nitrogens with two attached hydrogens (primary N) is 1. The van der Waals surface area contributed by atoms with Gasteiger partial charge in [-0.2, -0.15) is 0 Å². The fourth-order valence-corrected chi connectivity index (χ4v) is 3.90. The van der Waals surface area contributed by atoms with Gasteiger partial charge in [0, 0.05) is 19.2 Å². The molecule has 1 atom stereocenters.